The average Bonchev–Trinajstić information content (AvgIpc) is 2.67. The number of ether oxygens (including phenoxy) is 2. The maximum atomic E-state index is 12.8. The Bertz CT molecular complexity index is 974. The van der Waals surface area contributed by atoms with Crippen LogP contribution in [0.4, 0.5) is 11.4 Å². The zero-order valence-electron chi connectivity index (χ0n) is 17.1. The molecule has 0 aliphatic carbocycles. The molecular weight excluding hydrogens is 394 g/mol. The third-order valence-corrected chi connectivity index (χ3v) is 5.12. The van der Waals surface area contributed by atoms with Gasteiger partial charge in [-0.3, -0.25) is 4.79 Å². The van der Waals surface area contributed by atoms with Gasteiger partial charge in [-0.15, -0.1) is 0 Å². The quantitative estimate of drug-likeness (QED) is 0.602. The van der Waals surface area contributed by atoms with Gasteiger partial charge in [-0.1, -0.05) is 13.3 Å². The fraction of sp³-hybridized carbons (Fsp3) is 0.350. The smallest absolute Gasteiger partial charge is 0.255 e. The molecule has 2 rings (SSSR count). The van der Waals surface area contributed by atoms with Crippen molar-refractivity contribution in [3.05, 3.63) is 42.0 Å². The van der Waals surface area contributed by atoms with E-state index in [2.05, 4.69) is 12.2 Å². The lowest BCUT2D eigenvalue weighted by Crippen LogP contribution is -2.19. The predicted octanol–water partition coefficient (Wildman–Crippen LogP) is 2.84. The lowest BCUT2D eigenvalue weighted by atomic mass is 10.1. The molecule has 8 nitrogen and oxygen atoms in total. The number of rotatable bonds is 9. The van der Waals surface area contributed by atoms with Gasteiger partial charge >= 0.3 is 0 Å². The third kappa shape index (κ3) is 5.85. The summed E-state index contributed by atoms with van der Waals surface area (Å²) in [6.45, 7) is 2.63. The number of benzene rings is 2. The molecule has 0 aliphatic rings. The fourth-order valence-electron chi connectivity index (χ4n) is 2.63. The third-order valence-electron chi connectivity index (χ3n) is 4.21. The van der Waals surface area contributed by atoms with Crippen molar-refractivity contribution in [2.24, 2.45) is 5.14 Å². The number of hydrogen-bond acceptors (Lipinski definition) is 6. The lowest BCUT2D eigenvalue weighted by Gasteiger charge is -2.19. The van der Waals surface area contributed by atoms with Crippen LogP contribution in [0, 0.1) is 0 Å². The fourth-order valence-corrected chi connectivity index (χ4v) is 3.17. The van der Waals surface area contributed by atoms with Gasteiger partial charge in [0.1, 0.15) is 0 Å². The molecular formula is C20H27N3O5S. The molecule has 0 atom stereocenters. The minimum absolute atomic E-state index is 0.0874. The number of nitrogens with zero attached hydrogens (tertiary/aromatic N) is 1. The van der Waals surface area contributed by atoms with Gasteiger partial charge in [-0.05, 0) is 42.8 Å². The molecule has 0 aromatic heterocycles. The van der Waals surface area contributed by atoms with Gasteiger partial charge in [0.05, 0.1) is 30.0 Å². The van der Waals surface area contributed by atoms with Crippen LogP contribution in [-0.2, 0) is 10.0 Å². The normalized spacial score (nSPS) is 11.1. The summed E-state index contributed by atoms with van der Waals surface area (Å²) in [4.78, 5) is 14.5. The first-order valence-electron chi connectivity index (χ1n) is 9.13. The van der Waals surface area contributed by atoms with Crippen LogP contribution in [0.1, 0.15) is 30.1 Å². The van der Waals surface area contributed by atoms with Gasteiger partial charge in [0.15, 0.2) is 11.5 Å². The number of primary sulfonamides is 1. The molecule has 0 bridgehead atoms. The van der Waals surface area contributed by atoms with Crippen LogP contribution < -0.4 is 24.8 Å². The van der Waals surface area contributed by atoms with E-state index >= 15 is 0 Å². The van der Waals surface area contributed by atoms with Gasteiger partial charge in [-0.25, -0.2) is 13.6 Å². The van der Waals surface area contributed by atoms with E-state index in [1.165, 1.54) is 19.2 Å². The summed E-state index contributed by atoms with van der Waals surface area (Å²) in [5.74, 6) is 0.584. The van der Waals surface area contributed by atoms with Crippen molar-refractivity contribution in [3.63, 3.8) is 0 Å². The zero-order valence-corrected chi connectivity index (χ0v) is 17.9. The molecule has 2 aromatic carbocycles. The van der Waals surface area contributed by atoms with Crippen LogP contribution in [0.2, 0.25) is 0 Å². The van der Waals surface area contributed by atoms with Crippen LogP contribution in [0.5, 0.6) is 11.5 Å². The molecule has 0 saturated heterocycles. The second-order valence-electron chi connectivity index (χ2n) is 6.64. The van der Waals surface area contributed by atoms with Gasteiger partial charge in [0, 0.05) is 19.7 Å². The number of carbonyl (C=O) groups excluding carboxylic acids is 1. The highest BCUT2D eigenvalue weighted by Crippen LogP contribution is 2.30. The Balaban J connectivity index is 2.31. The largest absolute Gasteiger partial charge is 0.493 e. The van der Waals surface area contributed by atoms with Crippen molar-refractivity contribution >= 4 is 27.3 Å². The van der Waals surface area contributed by atoms with E-state index in [0.717, 1.165) is 12.8 Å². The highest BCUT2D eigenvalue weighted by atomic mass is 32.2. The molecule has 0 aliphatic heterocycles. The summed E-state index contributed by atoms with van der Waals surface area (Å²) in [6.07, 6.45) is 1.92. The van der Waals surface area contributed by atoms with Crippen LogP contribution in [0.25, 0.3) is 0 Å². The first-order chi connectivity index (χ1) is 13.7. The molecule has 0 saturated carbocycles. The van der Waals surface area contributed by atoms with Crippen LogP contribution in [-0.4, -0.2) is 42.1 Å². The lowest BCUT2D eigenvalue weighted by molar-refractivity contribution is 0.102. The maximum Gasteiger partial charge on any atom is 0.255 e. The summed E-state index contributed by atoms with van der Waals surface area (Å²) in [5, 5.41) is 7.96. The topological polar surface area (TPSA) is 111 Å². The van der Waals surface area contributed by atoms with Crippen molar-refractivity contribution in [2.45, 2.75) is 24.7 Å². The molecule has 0 radical (unpaired) electrons. The van der Waals surface area contributed by atoms with Crippen molar-refractivity contribution in [2.75, 3.05) is 38.0 Å². The molecule has 0 unspecified atom stereocenters. The standard InChI is InChI=1S/C20H27N3O5S/c1-5-6-11-28-18-10-7-14(12-19(18)27-4)20(24)22-16-13-15(29(21,25)26)8-9-17(16)23(2)3/h7-10,12-13H,5-6,11H2,1-4H3,(H,22,24)(H2,21,25,26). The number of nitrogens with two attached hydrogens (primary N) is 1. The molecule has 0 spiro atoms. The van der Waals surface area contributed by atoms with E-state index in [9.17, 15) is 13.2 Å². The van der Waals surface area contributed by atoms with Gasteiger partial charge in [0.2, 0.25) is 10.0 Å². The number of sulfonamides is 1. The number of amides is 1. The van der Waals surface area contributed by atoms with E-state index < -0.39 is 15.9 Å². The zero-order chi connectivity index (χ0) is 21.6. The van der Waals surface area contributed by atoms with Crippen molar-refractivity contribution in [1.82, 2.24) is 0 Å². The number of anilines is 2. The number of unbranched alkanes of at least 4 members (excludes halogenated alkanes) is 1. The van der Waals surface area contributed by atoms with E-state index in [4.69, 9.17) is 14.6 Å². The highest BCUT2D eigenvalue weighted by molar-refractivity contribution is 7.89. The highest BCUT2D eigenvalue weighted by Gasteiger charge is 2.17. The molecule has 158 valence electrons. The second-order valence-corrected chi connectivity index (χ2v) is 8.20. The van der Waals surface area contributed by atoms with E-state index in [1.54, 1.807) is 43.3 Å². The molecule has 1 amide bonds. The Hall–Kier alpha value is -2.78. The maximum absolute atomic E-state index is 12.8. The predicted molar refractivity (Wildman–Crippen MR) is 113 cm³/mol. The van der Waals surface area contributed by atoms with E-state index in [0.29, 0.717) is 35.0 Å². The minimum Gasteiger partial charge on any atom is -0.493 e. The number of hydrogen-bond donors (Lipinski definition) is 2. The summed E-state index contributed by atoms with van der Waals surface area (Å²) < 4.78 is 34.4. The number of methoxy groups -OCH3 is 1. The van der Waals surface area contributed by atoms with Crippen LogP contribution in [0.3, 0.4) is 0 Å². The van der Waals surface area contributed by atoms with E-state index in [1.807, 2.05) is 0 Å². The summed E-state index contributed by atoms with van der Waals surface area (Å²) in [5.41, 5.74) is 1.31. The molecule has 29 heavy (non-hydrogen) atoms. The van der Waals surface area contributed by atoms with Crippen LogP contribution in [0.15, 0.2) is 41.3 Å². The van der Waals surface area contributed by atoms with Crippen molar-refractivity contribution in [1.29, 1.82) is 0 Å². The SMILES string of the molecule is CCCCOc1ccc(C(=O)Nc2cc(S(N)(=O)=O)ccc2N(C)C)cc1OC. The molecule has 0 heterocycles. The second kappa shape index (κ2) is 9.62. The van der Waals surface area contributed by atoms with Crippen molar-refractivity contribution < 1.29 is 22.7 Å². The van der Waals surface area contributed by atoms with Gasteiger partial charge < -0.3 is 19.7 Å². The Labute approximate surface area is 171 Å². The molecule has 2 aromatic rings. The Kier molecular flexibility index (Phi) is 7.46. The number of carbonyl (C=O) groups is 1. The first-order valence-corrected chi connectivity index (χ1v) is 10.7. The van der Waals surface area contributed by atoms with Gasteiger partial charge in [-0.2, -0.15) is 0 Å². The summed E-state index contributed by atoms with van der Waals surface area (Å²) >= 11 is 0. The summed E-state index contributed by atoms with van der Waals surface area (Å²) in [6, 6.07) is 9.19. The monoisotopic (exact) mass is 421 g/mol. The summed E-state index contributed by atoms with van der Waals surface area (Å²) in [7, 11) is 1.17. The Morgan fingerprint density at radius 2 is 1.86 bits per heavy atom. The Morgan fingerprint density at radius 3 is 2.45 bits per heavy atom. The minimum atomic E-state index is -3.90. The molecule has 0 fully saturated rings. The Morgan fingerprint density at radius 1 is 1.14 bits per heavy atom. The first kappa shape index (κ1) is 22.5. The van der Waals surface area contributed by atoms with Crippen molar-refractivity contribution in [3.8, 4) is 11.5 Å². The van der Waals surface area contributed by atoms with E-state index in [-0.39, 0.29) is 4.90 Å². The molecule has 9 heteroatoms. The van der Waals surface area contributed by atoms with Gasteiger partial charge in [0.25, 0.3) is 5.91 Å². The van der Waals surface area contributed by atoms with Crippen LogP contribution >= 0.6 is 0 Å². The molecule has 3 N–H and O–H groups in total. The number of nitrogens with one attached hydrogen (secondary N) is 1. The average molecular weight is 422 g/mol.